The zero-order chi connectivity index (χ0) is 25.3. The van der Waals surface area contributed by atoms with Crippen LogP contribution < -0.4 is 16.4 Å². The number of carbonyl (C=O) groups excluding carboxylic acids is 1. The number of nitrogens with one attached hydrogen (secondary N) is 2. The second-order valence-electron chi connectivity index (χ2n) is 7.01. The van der Waals surface area contributed by atoms with Gasteiger partial charge in [0.2, 0.25) is 0 Å². The lowest BCUT2D eigenvalue weighted by molar-refractivity contribution is -0.137. The van der Waals surface area contributed by atoms with E-state index in [1.807, 2.05) is 0 Å². The summed E-state index contributed by atoms with van der Waals surface area (Å²) in [4.78, 5) is 31.7. The summed E-state index contributed by atoms with van der Waals surface area (Å²) in [7, 11) is 0. The highest BCUT2D eigenvalue weighted by Crippen LogP contribution is 2.35. The van der Waals surface area contributed by atoms with Gasteiger partial charge in [0.05, 0.1) is 5.56 Å². The highest BCUT2D eigenvalue weighted by molar-refractivity contribution is 6.06. The second kappa shape index (κ2) is 8.63. The summed E-state index contributed by atoms with van der Waals surface area (Å²) in [5.74, 6) is -1.73. The fourth-order valence-electron chi connectivity index (χ4n) is 3.38. The summed E-state index contributed by atoms with van der Waals surface area (Å²) in [6, 6.07) is 8.20. The minimum absolute atomic E-state index is 0.0471. The molecule has 3 heterocycles. The number of fused-ring (bicyclic) bond motifs is 1. The maximum Gasteiger partial charge on any atom is 0.416 e. The fraction of sp³-hybridized carbons (Fsp3) is 0.0476. The number of alkyl halides is 3. The Bertz CT molecular complexity index is 1510. The maximum atomic E-state index is 12.8. The molecule has 0 bridgehead atoms. The molecule has 0 saturated carbocycles. The Hall–Kier alpha value is -5.19. The molecule has 11 nitrogen and oxygen atoms in total. The number of carbonyl (C=O) groups is 2. The first-order chi connectivity index (χ1) is 16.6. The van der Waals surface area contributed by atoms with Crippen LogP contribution in [-0.4, -0.2) is 36.7 Å². The highest BCUT2D eigenvalue weighted by atomic mass is 19.4. The lowest BCUT2D eigenvalue weighted by atomic mass is 10.0. The molecule has 0 radical (unpaired) electrons. The number of nitriles is 1. The van der Waals surface area contributed by atoms with Crippen LogP contribution in [0.5, 0.6) is 0 Å². The number of amides is 2. The lowest BCUT2D eigenvalue weighted by Crippen LogP contribution is -2.20. The molecular weight excluding hydrogens is 469 g/mol. The van der Waals surface area contributed by atoms with Gasteiger partial charge in [0, 0.05) is 17.4 Å². The smallest absolute Gasteiger partial charge is 0.416 e. The number of pyridine rings is 1. The number of nitrogen functional groups attached to an aromatic ring is 1. The number of hydrogen-bond acceptors (Lipinski definition) is 7. The summed E-state index contributed by atoms with van der Waals surface area (Å²) in [5, 5.41) is 27.8. The standard InChI is InChI=1S/C21H13F3N8O3/c22-21(23,24)11-5-6-27-14(7-11)31-20(35)30-12-3-1-10(2-4-12)15-16(19(33)34)13(8-25)32-17(15)18(26)28-9-29-32/h1-7,9H,(H,33,34)(H2,26,28,29)(H2,27,30,31,35). The highest BCUT2D eigenvalue weighted by Gasteiger charge is 2.31. The molecule has 35 heavy (non-hydrogen) atoms. The Morgan fingerprint density at radius 3 is 2.46 bits per heavy atom. The predicted molar refractivity (Wildman–Crippen MR) is 116 cm³/mol. The number of rotatable bonds is 4. The van der Waals surface area contributed by atoms with Crippen molar-refractivity contribution in [2.24, 2.45) is 0 Å². The van der Waals surface area contributed by atoms with Crippen LogP contribution in [0.1, 0.15) is 21.6 Å². The number of carboxylic acids is 1. The SMILES string of the molecule is N#Cc1c(C(=O)O)c(-c2ccc(NC(=O)Nc3cc(C(F)(F)F)ccn3)cc2)c2c(N)ncnn12. The maximum absolute atomic E-state index is 12.8. The molecule has 3 aromatic heterocycles. The molecule has 0 unspecified atom stereocenters. The summed E-state index contributed by atoms with van der Waals surface area (Å²) >= 11 is 0. The zero-order valence-corrected chi connectivity index (χ0v) is 17.3. The summed E-state index contributed by atoms with van der Waals surface area (Å²) in [5.41, 5.74) is 5.19. The van der Waals surface area contributed by atoms with Crippen LogP contribution in [0.3, 0.4) is 0 Å². The first-order valence-electron chi connectivity index (χ1n) is 9.60. The number of halogens is 3. The molecular formula is C21H13F3N8O3. The molecule has 176 valence electrons. The van der Waals surface area contributed by atoms with Crippen LogP contribution in [0.4, 0.5) is 35.3 Å². The third-order valence-corrected chi connectivity index (χ3v) is 4.83. The third-order valence-electron chi connectivity index (χ3n) is 4.83. The first-order valence-corrected chi connectivity index (χ1v) is 9.60. The number of aromatic nitrogens is 4. The number of anilines is 3. The van der Waals surface area contributed by atoms with Crippen molar-refractivity contribution >= 4 is 34.8 Å². The molecule has 0 aliphatic heterocycles. The van der Waals surface area contributed by atoms with Gasteiger partial charge in [-0.15, -0.1) is 0 Å². The lowest BCUT2D eigenvalue weighted by Gasteiger charge is -2.10. The van der Waals surface area contributed by atoms with E-state index in [1.54, 1.807) is 6.07 Å². The first kappa shape index (κ1) is 23.0. The number of nitrogens with two attached hydrogens (primary N) is 1. The minimum atomic E-state index is -4.59. The van der Waals surface area contributed by atoms with E-state index in [9.17, 15) is 33.1 Å². The van der Waals surface area contributed by atoms with Crippen molar-refractivity contribution in [2.45, 2.75) is 6.18 Å². The van der Waals surface area contributed by atoms with Crippen molar-refractivity contribution in [2.75, 3.05) is 16.4 Å². The van der Waals surface area contributed by atoms with Gasteiger partial charge in [0.1, 0.15) is 29.3 Å². The van der Waals surface area contributed by atoms with E-state index < -0.39 is 23.7 Å². The molecule has 4 aromatic rings. The summed E-state index contributed by atoms with van der Waals surface area (Å²) in [6.07, 6.45) is -2.59. The minimum Gasteiger partial charge on any atom is -0.478 e. The molecule has 14 heteroatoms. The molecule has 0 saturated heterocycles. The van der Waals surface area contributed by atoms with Gasteiger partial charge in [-0.3, -0.25) is 5.32 Å². The van der Waals surface area contributed by atoms with Crippen molar-refractivity contribution in [3.63, 3.8) is 0 Å². The molecule has 0 aliphatic carbocycles. The quantitative estimate of drug-likeness (QED) is 0.342. The Morgan fingerprint density at radius 1 is 1.11 bits per heavy atom. The van der Waals surface area contributed by atoms with E-state index in [0.717, 1.165) is 23.1 Å². The Labute approximate surface area is 193 Å². The number of carboxylic acid groups (broad SMARTS) is 1. The largest absolute Gasteiger partial charge is 0.478 e. The van der Waals surface area contributed by atoms with Crippen molar-refractivity contribution in [3.05, 3.63) is 65.7 Å². The molecule has 0 aliphatic rings. The van der Waals surface area contributed by atoms with Gasteiger partial charge in [-0.1, -0.05) is 12.1 Å². The average Bonchev–Trinajstić information content (AvgIpc) is 3.15. The van der Waals surface area contributed by atoms with E-state index in [0.29, 0.717) is 11.6 Å². The van der Waals surface area contributed by atoms with Gasteiger partial charge in [-0.25, -0.2) is 24.1 Å². The van der Waals surface area contributed by atoms with Crippen molar-refractivity contribution in [1.82, 2.24) is 19.6 Å². The van der Waals surface area contributed by atoms with E-state index in [4.69, 9.17) is 5.73 Å². The van der Waals surface area contributed by atoms with E-state index in [2.05, 4.69) is 25.7 Å². The van der Waals surface area contributed by atoms with Gasteiger partial charge in [0.15, 0.2) is 11.5 Å². The van der Waals surface area contributed by atoms with Crippen LogP contribution >= 0.6 is 0 Å². The van der Waals surface area contributed by atoms with Gasteiger partial charge >= 0.3 is 18.2 Å². The topological polar surface area (TPSA) is 171 Å². The second-order valence-corrected chi connectivity index (χ2v) is 7.01. The molecule has 1 aromatic carbocycles. The van der Waals surface area contributed by atoms with E-state index in [-0.39, 0.29) is 39.7 Å². The normalized spacial score (nSPS) is 11.1. The van der Waals surface area contributed by atoms with Crippen LogP contribution in [0.25, 0.3) is 16.6 Å². The van der Waals surface area contributed by atoms with Gasteiger partial charge in [0.25, 0.3) is 0 Å². The van der Waals surface area contributed by atoms with Crippen molar-refractivity contribution in [3.8, 4) is 17.2 Å². The third kappa shape index (κ3) is 4.37. The zero-order valence-electron chi connectivity index (χ0n) is 17.3. The Kier molecular flexibility index (Phi) is 5.67. The summed E-state index contributed by atoms with van der Waals surface area (Å²) in [6.45, 7) is 0. The molecule has 4 rings (SSSR count). The molecule has 0 spiro atoms. The van der Waals surface area contributed by atoms with Gasteiger partial charge in [-0.05, 0) is 29.8 Å². The van der Waals surface area contributed by atoms with Crippen LogP contribution in [-0.2, 0) is 6.18 Å². The van der Waals surface area contributed by atoms with Crippen molar-refractivity contribution in [1.29, 1.82) is 5.26 Å². The van der Waals surface area contributed by atoms with Gasteiger partial charge < -0.3 is 16.2 Å². The average molecular weight is 482 g/mol. The van der Waals surface area contributed by atoms with Gasteiger partial charge in [-0.2, -0.15) is 23.5 Å². The molecule has 5 N–H and O–H groups in total. The number of nitrogens with zero attached hydrogens (tertiary/aromatic N) is 5. The monoisotopic (exact) mass is 482 g/mol. The molecule has 0 fully saturated rings. The summed E-state index contributed by atoms with van der Waals surface area (Å²) < 4.78 is 39.6. The van der Waals surface area contributed by atoms with Crippen LogP contribution in [0.15, 0.2) is 48.9 Å². The number of aromatic carboxylic acids is 1. The van der Waals surface area contributed by atoms with E-state index >= 15 is 0 Å². The molecule has 0 atom stereocenters. The number of hydrogen-bond donors (Lipinski definition) is 4. The number of urea groups is 1. The van der Waals surface area contributed by atoms with Crippen molar-refractivity contribution < 1.29 is 27.9 Å². The molecule has 2 amide bonds. The van der Waals surface area contributed by atoms with E-state index in [1.165, 1.54) is 24.3 Å². The number of benzene rings is 1. The Morgan fingerprint density at radius 2 is 1.83 bits per heavy atom. The Balaban J connectivity index is 1.62. The fourth-order valence-corrected chi connectivity index (χ4v) is 3.38. The van der Waals surface area contributed by atoms with Crippen LogP contribution in [0.2, 0.25) is 0 Å². The predicted octanol–water partition coefficient (Wildman–Crippen LogP) is 3.61. The van der Waals surface area contributed by atoms with Crippen LogP contribution in [0, 0.1) is 11.3 Å².